The second-order valence-electron chi connectivity index (χ2n) is 3.85. The van der Waals surface area contributed by atoms with Crippen LogP contribution in [0.3, 0.4) is 0 Å². The molecular weight excluding hydrogens is 249 g/mol. The molecule has 0 saturated carbocycles. The predicted octanol–water partition coefficient (Wildman–Crippen LogP) is 3.05. The molecule has 5 heteroatoms. The van der Waals surface area contributed by atoms with Crippen molar-refractivity contribution in [2.45, 2.75) is 22.9 Å². The highest BCUT2D eigenvalue weighted by atomic mass is 32.2. The number of aromatic nitrogens is 2. The summed E-state index contributed by atoms with van der Waals surface area (Å²) >= 11 is 1.27. The molecule has 1 heterocycles. The minimum Gasteiger partial charge on any atom is -0.313 e. The summed E-state index contributed by atoms with van der Waals surface area (Å²) in [4.78, 5) is 8.62. The first-order chi connectivity index (χ1) is 8.70. The third-order valence-corrected chi connectivity index (χ3v) is 3.61. The Morgan fingerprint density at radius 2 is 2.17 bits per heavy atom. The number of hydrogen-bond acceptors (Lipinski definition) is 4. The fraction of sp³-hybridized carbons (Fsp3) is 0.231. The second kappa shape index (κ2) is 5.93. The van der Waals surface area contributed by atoms with E-state index < -0.39 is 0 Å². The van der Waals surface area contributed by atoms with Gasteiger partial charge in [-0.3, -0.25) is 4.98 Å². The van der Waals surface area contributed by atoms with Gasteiger partial charge >= 0.3 is 0 Å². The van der Waals surface area contributed by atoms with Crippen LogP contribution in [0.1, 0.15) is 18.5 Å². The Kier molecular flexibility index (Phi) is 4.28. The van der Waals surface area contributed by atoms with E-state index in [-0.39, 0.29) is 11.9 Å². The lowest BCUT2D eigenvalue weighted by molar-refractivity contribution is 0.587. The maximum absolute atomic E-state index is 13.9. The van der Waals surface area contributed by atoms with Crippen molar-refractivity contribution in [3.8, 4) is 0 Å². The molecule has 0 spiro atoms. The molecule has 0 amide bonds. The number of nitrogens with zero attached hydrogens (tertiary/aromatic N) is 2. The minimum atomic E-state index is -0.231. The standard InChI is InChI=1S/C13H14FN3S/c1-9(15-2)10-3-4-12(11(14)7-10)18-13-8-16-5-6-17-13/h3-9,15H,1-2H3. The molecular formula is C13H14FN3S. The Bertz CT molecular complexity index is 519. The maximum atomic E-state index is 13.9. The fourth-order valence-corrected chi connectivity index (χ4v) is 2.23. The molecule has 94 valence electrons. The molecule has 2 rings (SSSR count). The number of nitrogens with one attached hydrogen (secondary N) is 1. The Balaban J connectivity index is 2.20. The number of benzene rings is 1. The quantitative estimate of drug-likeness (QED) is 0.920. The summed E-state index contributed by atoms with van der Waals surface area (Å²) < 4.78 is 13.9. The van der Waals surface area contributed by atoms with Gasteiger partial charge in [0.25, 0.3) is 0 Å². The van der Waals surface area contributed by atoms with Crippen LogP contribution in [-0.2, 0) is 0 Å². The molecule has 1 N–H and O–H groups in total. The molecule has 0 saturated heterocycles. The van der Waals surface area contributed by atoms with Crippen molar-refractivity contribution in [1.29, 1.82) is 0 Å². The number of rotatable bonds is 4. The minimum absolute atomic E-state index is 0.134. The summed E-state index contributed by atoms with van der Waals surface area (Å²) in [6.07, 6.45) is 4.81. The highest BCUT2D eigenvalue weighted by Crippen LogP contribution is 2.29. The Morgan fingerprint density at radius 3 is 2.78 bits per heavy atom. The van der Waals surface area contributed by atoms with Gasteiger partial charge in [-0.25, -0.2) is 9.37 Å². The van der Waals surface area contributed by atoms with Crippen LogP contribution in [0.15, 0.2) is 46.7 Å². The Morgan fingerprint density at radius 1 is 1.33 bits per heavy atom. The van der Waals surface area contributed by atoms with Gasteiger partial charge < -0.3 is 5.32 Å². The van der Waals surface area contributed by atoms with Gasteiger partial charge in [-0.2, -0.15) is 0 Å². The van der Waals surface area contributed by atoms with Gasteiger partial charge in [0.15, 0.2) is 0 Å². The van der Waals surface area contributed by atoms with Crippen molar-refractivity contribution in [3.05, 3.63) is 48.2 Å². The molecule has 0 radical (unpaired) electrons. The van der Waals surface area contributed by atoms with E-state index in [4.69, 9.17) is 0 Å². The largest absolute Gasteiger partial charge is 0.313 e. The van der Waals surface area contributed by atoms with Crippen LogP contribution < -0.4 is 5.32 Å². The highest BCUT2D eigenvalue weighted by Gasteiger charge is 2.09. The molecule has 1 aromatic heterocycles. The van der Waals surface area contributed by atoms with Crippen molar-refractivity contribution in [2.75, 3.05) is 7.05 Å². The first-order valence-corrected chi connectivity index (χ1v) is 6.43. The van der Waals surface area contributed by atoms with Crippen LogP contribution in [-0.4, -0.2) is 17.0 Å². The topological polar surface area (TPSA) is 37.8 Å². The molecule has 1 unspecified atom stereocenters. The molecule has 0 aliphatic rings. The number of halogens is 1. The average molecular weight is 263 g/mol. The molecule has 1 aromatic carbocycles. The van der Waals surface area contributed by atoms with E-state index in [0.717, 1.165) is 5.56 Å². The molecule has 18 heavy (non-hydrogen) atoms. The number of hydrogen-bond donors (Lipinski definition) is 1. The Labute approximate surface area is 110 Å². The highest BCUT2D eigenvalue weighted by molar-refractivity contribution is 7.99. The van der Waals surface area contributed by atoms with Gasteiger partial charge in [0.2, 0.25) is 0 Å². The third kappa shape index (κ3) is 3.05. The molecule has 0 aliphatic heterocycles. The van der Waals surface area contributed by atoms with E-state index >= 15 is 0 Å². The predicted molar refractivity (Wildman–Crippen MR) is 70.0 cm³/mol. The van der Waals surface area contributed by atoms with Crippen molar-refractivity contribution in [2.24, 2.45) is 0 Å². The Hall–Kier alpha value is -1.46. The van der Waals surface area contributed by atoms with E-state index in [2.05, 4.69) is 15.3 Å². The SMILES string of the molecule is CNC(C)c1ccc(Sc2cnccn2)c(F)c1. The van der Waals surface area contributed by atoms with Crippen molar-refractivity contribution >= 4 is 11.8 Å². The summed E-state index contributed by atoms with van der Waals surface area (Å²) in [6, 6.07) is 5.38. The second-order valence-corrected chi connectivity index (χ2v) is 4.91. The first kappa shape index (κ1) is 13.0. The zero-order valence-corrected chi connectivity index (χ0v) is 11.0. The first-order valence-electron chi connectivity index (χ1n) is 5.61. The molecule has 3 nitrogen and oxygen atoms in total. The van der Waals surface area contributed by atoms with E-state index in [1.54, 1.807) is 30.7 Å². The lowest BCUT2D eigenvalue weighted by atomic mass is 10.1. The smallest absolute Gasteiger partial charge is 0.137 e. The summed E-state index contributed by atoms with van der Waals surface area (Å²) in [5.41, 5.74) is 0.929. The third-order valence-electron chi connectivity index (χ3n) is 2.64. The molecule has 2 aromatic rings. The van der Waals surface area contributed by atoms with Crippen molar-refractivity contribution in [1.82, 2.24) is 15.3 Å². The van der Waals surface area contributed by atoms with E-state index in [0.29, 0.717) is 9.92 Å². The molecule has 0 aliphatic carbocycles. The van der Waals surface area contributed by atoms with E-state index in [1.165, 1.54) is 11.8 Å². The lowest BCUT2D eigenvalue weighted by Gasteiger charge is -2.11. The van der Waals surface area contributed by atoms with Crippen molar-refractivity contribution < 1.29 is 4.39 Å². The summed E-state index contributed by atoms with van der Waals surface area (Å²) in [6.45, 7) is 1.99. The van der Waals surface area contributed by atoms with Crippen LogP contribution >= 0.6 is 11.8 Å². The molecule has 0 bridgehead atoms. The lowest BCUT2D eigenvalue weighted by Crippen LogP contribution is -2.12. The van der Waals surface area contributed by atoms with E-state index in [9.17, 15) is 4.39 Å². The summed E-state index contributed by atoms with van der Waals surface area (Å²) in [7, 11) is 1.85. The average Bonchev–Trinajstić information content (AvgIpc) is 2.41. The van der Waals surface area contributed by atoms with Crippen molar-refractivity contribution in [3.63, 3.8) is 0 Å². The molecule has 1 atom stereocenters. The zero-order chi connectivity index (χ0) is 13.0. The van der Waals surface area contributed by atoms with E-state index in [1.807, 2.05) is 20.0 Å². The van der Waals surface area contributed by atoms with Crippen LogP contribution in [0, 0.1) is 5.82 Å². The summed E-state index contributed by atoms with van der Waals surface area (Å²) in [5, 5.41) is 3.77. The summed E-state index contributed by atoms with van der Waals surface area (Å²) in [5.74, 6) is -0.231. The van der Waals surface area contributed by atoms with Crippen LogP contribution in [0.2, 0.25) is 0 Å². The van der Waals surface area contributed by atoms with Crippen LogP contribution in [0.5, 0.6) is 0 Å². The van der Waals surface area contributed by atoms with Crippen LogP contribution in [0.4, 0.5) is 4.39 Å². The zero-order valence-electron chi connectivity index (χ0n) is 10.2. The van der Waals surface area contributed by atoms with Crippen LogP contribution in [0.25, 0.3) is 0 Å². The molecule has 0 fully saturated rings. The van der Waals surface area contributed by atoms with Gasteiger partial charge in [0, 0.05) is 23.3 Å². The van der Waals surface area contributed by atoms with Gasteiger partial charge in [-0.05, 0) is 31.7 Å². The maximum Gasteiger partial charge on any atom is 0.137 e. The fourth-order valence-electron chi connectivity index (χ4n) is 1.49. The van der Waals surface area contributed by atoms with Gasteiger partial charge in [-0.15, -0.1) is 0 Å². The van der Waals surface area contributed by atoms with Gasteiger partial charge in [0.05, 0.1) is 6.20 Å². The monoisotopic (exact) mass is 263 g/mol. The van der Waals surface area contributed by atoms with Gasteiger partial charge in [0.1, 0.15) is 10.8 Å². The van der Waals surface area contributed by atoms with Gasteiger partial charge in [-0.1, -0.05) is 17.8 Å². The normalized spacial score (nSPS) is 12.4.